The Hall–Kier alpha value is -3.07. The van der Waals surface area contributed by atoms with Gasteiger partial charge in [-0.05, 0) is 38.5 Å². The first-order valence-corrected chi connectivity index (χ1v) is 10.5. The van der Waals surface area contributed by atoms with Crippen molar-refractivity contribution in [2.75, 3.05) is 19.0 Å². The number of urea groups is 1. The topological polar surface area (TPSA) is 107 Å². The molecular formula is C21H23N3O5S. The summed E-state index contributed by atoms with van der Waals surface area (Å²) in [5, 5.41) is 6.91. The first kappa shape index (κ1) is 21.6. The summed E-state index contributed by atoms with van der Waals surface area (Å²) in [5.41, 5.74) is 2.41. The second kappa shape index (κ2) is 9.62. The SMILES string of the molecule is CCOC(=O)C1=C(COC(=O)CSc2cc(C)c3ccccc3n2)NC(=O)NC1C. The van der Waals surface area contributed by atoms with Gasteiger partial charge in [-0.3, -0.25) is 4.79 Å². The number of pyridine rings is 1. The van der Waals surface area contributed by atoms with E-state index in [0.717, 1.165) is 21.5 Å². The minimum atomic E-state index is -0.561. The van der Waals surface area contributed by atoms with E-state index in [1.165, 1.54) is 11.8 Å². The maximum Gasteiger partial charge on any atom is 0.338 e. The van der Waals surface area contributed by atoms with Gasteiger partial charge in [-0.1, -0.05) is 30.0 Å². The van der Waals surface area contributed by atoms with Gasteiger partial charge in [0.1, 0.15) is 6.61 Å². The zero-order chi connectivity index (χ0) is 21.7. The van der Waals surface area contributed by atoms with Crippen LogP contribution in [0.4, 0.5) is 4.79 Å². The van der Waals surface area contributed by atoms with Gasteiger partial charge < -0.3 is 20.1 Å². The largest absolute Gasteiger partial charge is 0.463 e. The number of rotatable bonds is 7. The highest BCUT2D eigenvalue weighted by atomic mass is 32.2. The third-order valence-corrected chi connectivity index (χ3v) is 5.37. The van der Waals surface area contributed by atoms with Crippen LogP contribution in [-0.2, 0) is 19.1 Å². The Morgan fingerprint density at radius 2 is 2.00 bits per heavy atom. The predicted molar refractivity (Wildman–Crippen MR) is 113 cm³/mol. The van der Waals surface area contributed by atoms with Gasteiger partial charge in [0.25, 0.3) is 0 Å². The standard InChI is InChI=1S/C21H23N3O5S/c1-4-28-20(26)19-13(3)22-21(27)24-16(19)10-29-18(25)11-30-17-9-12(2)14-7-5-6-8-15(14)23-17/h5-9,13H,4,10-11H2,1-3H3,(H2,22,24,27). The molecule has 1 aromatic carbocycles. The molecule has 2 heterocycles. The molecule has 0 spiro atoms. The lowest BCUT2D eigenvalue weighted by Gasteiger charge is -2.26. The van der Waals surface area contributed by atoms with Crippen molar-refractivity contribution in [3.05, 3.63) is 47.2 Å². The quantitative estimate of drug-likeness (QED) is 0.515. The predicted octanol–water partition coefficient (Wildman–Crippen LogP) is 2.70. The molecule has 8 nitrogen and oxygen atoms in total. The molecule has 2 N–H and O–H groups in total. The Bertz CT molecular complexity index is 1020. The number of thioether (sulfide) groups is 1. The fraction of sp³-hybridized carbons (Fsp3) is 0.333. The molecule has 0 saturated heterocycles. The number of para-hydroxylation sites is 1. The van der Waals surface area contributed by atoms with Crippen molar-refractivity contribution in [2.45, 2.75) is 31.8 Å². The van der Waals surface area contributed by atoms with Gasteiger partial charge in [-0.25, -0.2) is 14.6 Å². The number of carbonyl (C=O) groups excluding carboxylic acids is 3. The highest BCUT2D eigenvalue weighted by Gasteiger charge is 2.30. The minimum Gasteiger partial charge on any atom is -0.463 e. The van der Waals surface area contributed by atoms with E-state index >= 15 is 0 Å². The Morgan fingerprint density at radius 3 is 2.77 bits per heavy atom. The number of esters is 2. The Balaban J connectivity index is 1.63. The number of hydrogen-bond acceptors (Lipinski definition) is 7. The van der Waals surface area contributed by atoms with E-state index in [4.69, 9.17) is 9.47 Å². The van der Waals surface area contributed by atoms with Crippen LogP contribution in [0, 0.1) is 6.92 Å². The summed E-state index contributed by atoms with van der Waals surface area (Å²) in [7, 11) is 0. The number of fused-ring (bicyclic) bond motifs is 1. The van der Waals surface area contributed by atoms with E-state index in [1.807, 2.05) is 37.3 Å². The van der Waals surface area contributed by atoms with E-state index in [2.05, 4.69) is 15.6 Å². The monoisotopic (exact) mass is 429 g/mol. The first-order chi connectivity index (χ1) is 14.4. The molecule has 3 rings (SSSR count). The highest BCUT2D eigenvalue weighted by Crippen LogP contribution is 2.23. The van der Waals surface area contributed by atoms with Gasteiger partial charge in [0.05, 0.1) is 40.2 Å². The molecule has 0 aliphatic carbocycles. The zero-order valence-corrected chi connectivity index (χ0v) is 17.8. The average molecular weight is 429 g/mol. The maximum atomic E-state index is 12.2. The smallest absolute Gasteiger partial charge is 0.338 e. The first-order valence-electron chi connectivity index (χ1n) is 9.51. The normalized spacial score (nSPS) is 16.1. The summed E-state index contributed by atoms with van der Waals surface area (Å²) >= 11 is 1.27. The molecular weight excluding hydrogens is 406 g/mol. The van der Waals surface area contributed by atoms with Crippen LogP contribution >= 0.6 is 11.8 Å². The molecule has 9 heteroatoms. The van der Waals surface area contributed by atoms with Gasteiger partial charge in [-0.15, -0.1) is 0 Å². The molecule has 0 fully saturated rings. The molecule has 2 aromatic rings. The number of nitrogens with zero attached hydrogens (tertiary/aromatic N) is 1. The van der Waals surface area contributed by atoms with Crippen molar-refractivity contribution in [1.29, 1.82) is 0 Å². The van der Waals surface area contributed by atoms with Gasteiger partial charge >= 0.3 is 18.0 Å². The third kappa shape index (κ3) is 5.10. The number of aromatic nitrogens is 1. The number of carbonyl (C=O) groups is 3. The van der Waals surface area contributed by atoms with Crippen molar-refractivity contribution in [2.24, 2.45) is 0 Å². The summed E-state index contributed by atoms with van der Waals surface area (Å²) in [6.45, 7) is 5.32. The number of ether oxygens (including phenoxy) is 2. The van der Waals surface area contributed by atoms with Crippen LogP contribution in [0.15, 0.2) is 46.6 Å². The van der Waals surface area contributed by atoms with Crippen molar-refractivity contribution >= 4 is 40.6 Å². The fourth-order valence-corrected chi connectivity index (χ4v) is 3.89. The molecule has 2 amide bonds. The van der Waals surface area contributed by atoms with Gasteiger partial charge in [0.2, 0.25) is 0 Å². The zero-order valence-electron chi connectivity index (χ0n) is 17.0. The van der Waals surface area contributed by atoms with Gasteiger partial charge in [0.15, 0.2) is 0 Å². The molecule has 0 bridgehead atoms. The van der Waals surface area contributed by atoms with Crippen molar-refractivity contribution in [3.8, 4) is 0 Å². The van der Waals surface area contributed by atoms with E-state index in [0.29, 0.717) is 0 Å². The molecule has 0 radical (unpaired) electrons. The summed E-state index contributed by atoms with van der Waals surface area (Å²) in [6, 6.07) is 8.72. The van der Waals surface area contributed by atoms with Crippen LogP contribution in [0.5, 0.6) is 0 Å². The summed E-state index contributed by atoms with van der Waals surface area (Å²) in [5.74, 6) is -0.994. The Kier molecular flexibility index (Phi) is 6.94. The van der Waals surface area contributed by atoms with Crippen molar-refractivity contribution < 1.29 is 23.9 Å². The summed E-state index contributed by atoms with van der Waals surface area (Å²) in [6.07, 6.45) is 0. The number of amides is 2. The molecule has 1 unspecified atom stereocenters. The molecule has 30 heavy (non-hydrogen) atoms. The molecule has 1 aliphatic heterocycles. The summed E-state index contributed by atoms with van der Waals surface area (Å²) < 4.78 is 10.3. The van der Waals surface area contributed by atoms with Crippen LogP contribution in [0.1, 0.15) is 19.4 Å². The lowest BCUT2D eigenvalue weighted by atomic mass is 10.0. The van der Waals surface area contributed by atoms with E-state index in [9.17, 15) is 14.4 Å². The average Bonchev–Trinajstić information content (AvgIpc) is 2.70. The van der Waals surface area contributed by atoms with E-state index < -0.39 is 24.0 Å². The molecule has 1 aromatic heterocycles. The highest BCUT2D eigenvalue weighted by molar-refractivity contribution is 7.99. The van der Waals surface area contributed by atoms with Crippen LogP contribution in [-0.4, -0.2) is 48.0 Å². The lowest BCUT2D eigenvalue weighted by molar-refractivity contribution is -0.141. The third-order valence-electron chi connectivity index (χ3n) is 4.48. The lowest BCUT2D eigenvalue weighted by Crippen LogP contribution is -2.50. The number of benzene rings is 1. The number of aryl methyl sites for hydroxylation is 1. The molecule has 1 aliphatic rings. The van der Waals surface area contributed by atoms with E-state index in [1.54, 1.807) is 13.8 Å². The van der Waals surface area contributed by atoms with E-state index in [-0.39, 0.29) is 30.2 Å². The minimum absolute atomic E-state index is 0.0501. The second-order valence-corrected chi connectivity index (χ2v) is 7.67. The number of nitrogens with one attached hydrogen (secondary N) is 2. The van der Waals surface area contributed by atoms with Gasteiger partial charge in [0, 0.05) is 5.39 Å². The van der Waals surface area contributed by atoms with Crippen LogP contribution in [0.3, 0.4) is 0 Å². The molecule has 0 saturated carbocycles. The fourth-order valence-electron chi connectivity index (χ4n) is 3.11. The van der Waals surface area contributed by atoms with Crippen molar-refractivity contribution in [3.63, 3.8) is 0 Å². The van der Waals surface area contributed by atoms with Crippen molar-refractivity contribution in [1.82, 2.24) is 15.6 Å². The molecule has 1 atom stereocenters. The summed E-state index contributed by atoms with van der Waals surface area (Å²) in [4.78, 5) is 40.7. The Labute approximate surface area is 178 Å². The molecule has 158 valence electrons. The maximum absolute atomic E-state index is 12.2. The van der Waals surface area contributed by atoms with Crippen LogP contribution in [0.2, 0.25) is 0 Å². The Morgan fingerprint density at radius 1 is 1.23 bits per heavy atom. The van der Waals surface area contributed by atoms with Crippen LogP contribution in [0.25, 0.3) is 10.9 Å². The van der Waals surface area contributed by atoms with Gasteiger partial charge in [-0.2, -0.15) is 0 Å². The van der Waals surface area contributed by atoms with Crippen LogP contribution < -0.4 is 10.6 Å². The second-order valence-electron chi connectivity index (χ2n) is 6.68. The number of hydrogen-bond donors (Lipinski definition) is 2.